The molecule has 0 fully saturated rings. The van der Waals surface area contributed by atoms with Crippen LogP contribution in [0.15, 0.2) is 11.2 Å². The minimum atomic E-state index is -3.67. The highest BCUT2D eigenvalue weighted by Crippen LogP contribution is 2.06. The number of aryl methyl sites for hydroxylation is 1. The Morgan fingerprint density at radius 1 is 1.65 bits per heavy atom. The molecule has 1 atom stereocenters. The molecule has 8 heteroatoms. The van der Waals surface area contributed by atoms with Crippen LogP contribution in [0.5, 0.6) is 0 Å². The van der Waals surface area contributed by atoms with E-state index < -0.39 is 22.0 Å². The molecule has 0 aliphatic carbocycles. The molecule has 0 bridgehead atoms. The number of hydrogen-bond donors (Lipinski definition) is 2. The van der Waals surface area contributed by atoms with Crippen molar-refractivity contribution in [2.45, 2.75) is 31.3 Å². The summed E-state index contributed by atoms with van der Waals surface area (Å²) in [6, 6.07) is -0.545. The largest absolute Gasteiger partial charge is 0.469 e. The SMILES string of the molecule is COC(=O)CC(C)NS(=O)(=O)c1cnc(C)[nH]1. The first-order chi connectivity index (χ1) is 7.85. The van der Waals surface area contributed by atoms with Gasteiger partial charge in [0.15, 0.2) is 5.03 Å². The molecule has 96 valence electrons. The number of hydrogen-bond acceptors (Lipinski definition) is 5. The topological polar surface area (TPSA) is 101 Å². The number of carbonyl (C=O) groups is 1. The van der Waals surface area contributed by atoms with Crippen molar-refractivity contribution in [1.29, 1.82) is 0 Å². The predicted molar refractivity (Wildman–Crippen MR) is 59.7 cm³/mol. The molecule has 2 N–H and O–H groups in total. The number of aromatic amines is 1. The molecular formula is C9H15N3O4S. The lowest BCUT2D eigenvalue weighted by Gasteiger charge is -2.11. The normalized spacial score (nSPS) is 13.4. The second kappa shape index (κ2) is 5.28. The van der Waals surface area contributed by atoms with Crippen molar-refractivity contribution in [3.05, 3.63) is 12.0 Å². The molecule has 0 aromatic carbocycles. The van der Waals surface area contributed by atoms with E-state index in [1.54, 1.807) is 13.8 Å². The van der Waals surface area contributed by atoms with Crippen LogP contribution in [0.25, 0.3) is 0 Å². The Hall–Kier alpha value is -1.41. The molecule has 0 amide bonds. The number of nitrogens with one attached hydrogen (secondary N) is 2. The number of sulfonamides is 1. The molecule has 17 heavy (non-hydrogen) atoms. The molecule has 1 aromatic rings. The second-order valence-corrected chi connectivity index (χ2v) is 5.32. The van der Waals surface area contributed by atoms with Crippen LogP contribution in [0.3, 0.4) is 0 Å². The Balaban J connectivity index is 2.70. The number of carbonyl (C=O) groups excluding carboxylic acids is 1. The van der Waals surface area contributed by atoms with E-state index in [1.807, 2.05) is 0 Å². The number of aromatic nitrogens is 2. The first-order valence-corrected chi connectivity index (χ1v) is 6.44. The summed E-state index contributed by atoms with van der Waals surface area (Å²) >= 11 is 0. The quantitative estimate of drug-likeness (QED) is 0.723. The van der Waals surface area contributed by atoms with Gasteiger partial charge in [0.05, 0.1) is 19.7 Å². The Kier molecular flexibility index (Phi) is 4.24. The van der Waals surface area contributed by atoms with Gasteiger partial charge >= 0.3 is 5.97 Å². The lowest BCUT2D eigenvalue weighted by atomic mass is 10.3. The van der Waals surface area contributed by atoms with E-state index in [0.29, 0.717) is 5.82 Å². The van der Waals surface area contributed by atoms with Gasteiger partial charge in [-0.25, -0.2) is 18.1 Å². The van der Waals surface area contributed by atoms with Crippen LogP contribution in [0.2, 0.25) is 0 Å². The fourth-order valence-electron chi connectivity index (χ4n) is 1.24. The Labute approximate surface area is 99.6 Å². The molecular weight excluding hydrogens is 246 g/mol. The Bertz CT molecular complexity index is 494. The summed E-state index contributed by atoms with van der Waals surface area (Å²) in [4.78, 5) is 17.4. The van der Waals surface area contributed by atoms with Gasteiger partial charge < -0.3 is 9.72 Å². The molecule has 0 saturated carbocycles. The smallest absolute Gasteiger partial charge is 0.307 e. The number of methoxy groups -OCH3 is 1. The predicted octanol–water partition coefficient (Wildman–Crippen LogP) is -0.0520. The van der Waals surface area contributed by atoms with Crippen molar-refractivity contribution in [2.75, 3.05) is 7.11 Å². The molecule has 7 nitrogen and oxygen atoms in total. The van der Waals surface area contributed by atoms with Gasteiger partial charge in [-0.3, -0.25) is 4.79 Å². The maximum Gasteiger partial charge on any atom is 0.307 e. The van der Waals surface area contributed by atoms with Crippen molar-refractivity contribution >= 4 is 16.0 Å². The highest BCUT2D eigenvalue weighted by atomic mass is 32.2. The van der Waals surface area contributed by atoms with Gasteiger partial charge in [-0.05, 0) is 13.8 Å². The number of nitrogens with zero attached hydrogens (tertiary/aromatic N) is 1. The fourth-order valence-corrected chi connectivity index (χ4v) is 2.45. The van der Waals surface area contributed by atoms with Crippen LogP contribution in [0, 0.1) is 6.92 Å². The monoisotopic (exact) mass is 261 g/mol. The summed E-state index contributed by atoms with van der Waals surface area (Å²) in [7, 11) is -2.42. The number of esters is 1. The van der Waals surface area contributed by atoms with E-state index in [2.05, 4.69) is 19.4 Å². The average Bonchev–Trinajstić information content (AvgIpc) is 2.64. The summed E-state index contributed by atoms with van der Waals surface area (Å²) < 4.78 is 30.4. The zero-order valence-corrected chi connectivity index (χ0v) is 10.7. The number of H-pyrrole nitrogens is 1. The second-order valence-electron chi connectivity index (χ2n) is 3.64. The lowest BCUT2D eigenvalue weighted by molar-refractivity contribution is -0.140. The average molecular weight is 261 g/mol. The van der Waals surface area contributed by atoms with Gasteiger partial charge in [-0.15, -0.1) is 0 Å². The van der Waals surface area contributed by atoms with Crippen molar-refractivity contribution in [3.63, 3.8) is 0 Å². The summed E-state index contributed by atoms with van der Waals surface area (Å²) in [5.41, 5.74) is 0. The number of imidazole rings is 1. The third kappa shape index (κ3) is 3.82. The van der Waals surface area contributed by atoms with Crippen LogP contribution in [0.4, 0.5) is 0 Å². The van der Waals surface area contributed by atoms with Gasteiger partial charge in [-0.1, -0.05) is 0 Å². The Morgan fingerprint density at radius 2 is 2.29 bits per heavy atom. The maximum atomic E-state index is 11.8. The van der Waals surface area contributed by atoms with Gasteiger partial charge in [0.1, 0.15) is 5.82 Å². The van der Waals surface area contributed by atoms with E-state index in [-0.39, 0.29) is 11.4 Å². The molecule has 1 unspecified atom stereocenters. The molecule has 1 aromatic heterocycles. The first-order valence-electron chi connectivity index (χ1n) is 4.96. The van der Waals surface area contributed by atoms with Gasteiger partial charge in [0, 0.05) is 6.04 Å². The number of ether oxygens (including phenoxy) is 1. The summed E-state index contributed by atoms with van der Waals surface area (Å²) in [5.74, 6) is 0.0342. The standard InChI is InChI=1S/C9H15N3O4S/c1-6(4-9(13)16-3)12-17(14,15)8-5-10-7(2)11-8/h5-6,12H,4H2,1-3H3,(H,10,11). The van der Waals surface area contributed by atoms with Crippen molar-refractivity contribution in [3.8, 4) is 0 Å². The van der Waals surface area contributed by atoms with E-state index in [4.69, 9.17) is 0 Å². The van der Waals surface area contributed by atoms with Crippen LogP contribution in [-0.4, -0.2) is 37.5 Å². The number of rotatable bonds is 5. The lowest BCUT2D eigenvalue weighted by Crippen LogP contribution is -2.34. The molecule has 0 radical (unpaired) electrons. The van der Waals surface area contributed by atoms with Crippen LogP contribution in [-0.2, 0) is 19.6 Å². The van der Waals surface area contributed by atoms with E-state index in [9.17, 15) is 13.2 Å². The minimum Gasteiger partial charge on any atom is -0.469 e. The van der Waals surface area contributed by atoms with Crippen molar-refractivity contribution < 1.29 is 17.9 Å². The van der Waals surface area contributed by atoms with E-state index in [0.717, 1.165) is 0 Å². The van der Waals surface area contributed by atoms with Crippen LogP contribution < -0.4 is 4.72 Å². The molecule has 0 saturated heterocycles. The van der Waals surface area contributed by atoms with Gasteiger partial charge in [0.2, 0.25) is 0 Å². The summed E-state index contributed by atoms with van der Waals surface area (Å²) in [6.07, 6.45) is 1.20. The maximum absolute atomic E-state index is 11.8. The van der Waals surface area contributed by atoms with Crippen molar-refractivity contribution in [2.24, 2.45) is 0 Å². The first kappa shape index (κ1) is 13.7. The highest BCUT2D eigenvalue weighted by molar-refractivity contribution is 7.89. The third-order valence-corrected chi connectivity index (χ3v) is 3.53. The molecule has 1 heterocycles. The summed E-state index contributed by atoms with van der Waals surface area (Å²) in [5, 5.41) is -0.0216. The minimum absolute atomic E-state index is 0.0216. The Morgan fingerprint density at radius 3 is 2.76 bits per heavy atom. The fraction of sp³-hybridized carbons (Fsp3) is 0.556. The van der Waals surface area contributed by atoms with Crippen LogP contribution >= 0.6 is 0 Å². The zero-order chi connectivity index (χ0) is 13.1. The third-order valence-electron chi connectivity index (χ3n) is 2.03. The van der Waals surface area contributed by atoms with E-state index >= 15 is 0 Å². The molecule has 0 aliphatic heterocycles. The van der Waals surface area contributed by atoms with Gasteiger partial charge in [-0.2, -0.15) is 0 Å². The molecule has 1 rings (SSSR count). The van der Waals surface area contributed by atoms with Crippen molar-refractivity contribution in [1.82, 2.24) is 14.7 Å². The van der Waals surface area contributed by atoms with Crippen LogP contribution in [0.1, 0.15) is 19.2 Å². The molecule has 0 aliphatic rings. The summed E-state index contributed by atoms with van der Waals surface area (Å²) in [6.45, 7) is 3.23. The van der Waals surface area contributed by atoms with Gasteiger partial charge in [0.25, 0.3) is 10.0 Å². The highest BCUT2D eigenvalue weighted by Gasteiger charge is 2.21. The van der Waals surface area contributed by atoms with E-state index in [1.165, 1.54) is 13.3 Å². The molecule has 0 spiro atoms. The zero-order valence-electron chi connectivity index (χ0n) is 9.85.